The van der Waals surface area contributed by atoms with Gasteiger partial charge in [0.15, 0.2) is 22.3 Å². The fourth-order valence-electron chi connectivity index (χ4n) is 5.25. The van der Waals surface area contributed by atoms with Gasteiger partial charge in [-0.15, -0.1) is 11.3 Å². The van der Waals surface area contributed by atoms with Crippen molar-refractivity contribution in [3.63, 3.8) is 0 Å². The van der Waals surface area contributed by atoms with E-state index in [1.165, 1.54) is 16.2 Å². The molecule has 3 N–H and O–H groups in total. The Morgan fingerprint density at radius 2 is 1.91 bits per heavy atom. The third kappa shape index (κ3) is 6.22. The van der Waals surface area contributed by atoms with Crippen molar-refractivity contribution >= 4 is 50.8 Å². The van der Waals surface area contributed by atoms with E-state index in [-0.39, 0.29) is 60.7 Å². The number of para-hydroxylation sites is 2. The number of carbonyl (C=O) groups excluding carboxylic acids is 3. The number of nitrogens with one attached hydrogen (secondary N) is 2. The quantitative estimate of drug-likeness (QED) is 0.267. The molecule has 3 atom stereocenters. The van der Waals surface area contributed by atoms with Crippen LogP contribution in [-0.4, -0.2) is 83.4 Å². The fraction of sp³-hybridized carbons (Fsp3) is 0.312. The summed E-state index contributed by atoms with van der Waals surface area (Å²) in [4.78, 5) is 47.9. The van der Waals surface area contributed by atoms with Crippen molar-refractivity contribution in [2.45, 2.75) is 26.0 Å². The summed E-state index contributed by atoms with van der Waals surface area (Å²) in [7, 11) is 1.65. The van der Waals surface area contributed by atoms with Crippen LogP contribution in [0, 0.1) is 5.92 Å². The second-order valence-corrected chi connectivity index (χ2v) is 12.2. The van der Waals surface area contributed by atoms with Crippen LogP contribution in [0.3, 0.4) is 0 Å². The Morgan fingerprint density at radius 3 is 2.71 bits per heavy atom. The zero-order chi connectivity index (χ0) is 31.7. The lowest BCUT2D eigenvalue weighted by Gasteiger charge is -2.38. The predicted molar refractivity (Wildman–Crippen MR) is 169 cm³/mol. The molecule has 2 aliphatic heterocycles. The van der Waals surface area contributed by atoms with E-state index in [1.54, 1.807) is 55.3 Å². The Labute approximate surface area is 263 Å². The number of amides is 4. The van der Waals surface area contributed by atoms with Gasteiger partial charge < -0.3 is 39.8 Å². The van der Waals surface area contributed by atoms with E-state index in [4.69, 9.17) is 14.2 Å². The lowest BCUT2D eigenvalue weighted by Crippen LogP contribution is -2.50. The standard InChI is InChI=1S/C32H33N5O7S/c1-18-14-37(19(2)16-38)31(40)21-7-6-9-23(34-29(39)30-35-22-8-4-5-10-27(22)45-30)28(21)44-26(18)15-36(3)32(41)33-20-11-12-24-25(13-20)43-17-42-24/h4-13,18-19,26,38H,14-17H2,1-3H3,(H,33,41)(H,34,39)/t18-,19+,26+/m1/s1. The Balaban J connectivity index is 1.27. The lowest BCUT2D eigenvalue weighted by atomic mass is 9.99. The monoisotopic (exact) mass is 631 g/mol. The Hall–Kier alpha value is -4.88. The number of aliphatic hydroxyl groups is 1. The first kappa shape index (κ1) is 30.2. The number of rotatable bonds is 7. The summed E-state index contributed by atoms with van der Waals surface area (Å²) in [5, 5.41) is 16.0. The van der Waals surface area contributed by atoms with Gasteiger partial charge in [0.2, 0.25) is 6.79 Å². The molecule has 4 amide bonds. The number of aliphatic hydroxyl groups excluding tert-OH is 1. The third-order valence-electron chi connectivity index (χ3n) is 7.85. The van der Waals surface area contributed by atoms with Crippen molar-refractivity contribution in [1.29, 1.82) is 0 Å². The topological polar surface area (TPSA) is 143 Å². The van der Waals surface area contributed by atoms with Gasteiger partial charge in [-0.2, -0.15) is 0 Å². The summed E-state index contributed by atoms with van der Waals surface area (Å²) in [5.74, 6) is 0.319. The van der Waals surface area contributed by atoms with Crippen molar-refractivity contribution in [1.82, 2.24) is 14.8 Å². The molecule has 0 saturated carbocycles. The first-order chi connectivity index (χ1) is 21.7. The maximum Gasteiger partial charge on any atom is 0.321 e. The highest BCUT2D eigenvalue weighted by Crippen LogP contribution is 2.36. The summed E-state index contributed by atoms with van der Waals surface area (Å²) in [6.45, 7) is 4.03. The van der Waals surface area contributed by atoms with Crippen molar-refractivity contribution in [2.75, 3.05) is 44.2 Å². The number of hydrogen-bond acceptors (Lipinski definition) is 9. The molecule has 0 bridgehead atoms. The number of urea groups is 1. The van der Waals surface area contributed by atoms with Gasteiger partial charge in [0, 0.05) is 31.3 Å². The largest absolute Gasteiger partial charge is 0.485 e. The molecule has 2 aliphatic rings. The first-order valence-corrected chi connectivity index (χ1v) is 15.3. The predicted octanol–water partition coefficient (Wildman–Crippen LogP) is 4.66. The maximum absolute atomic E-state index is 13.8. The zero-order valence-corrected chi connectivity index (χ0v) is 25.8. The van der Waals surface area contributed by atoms with Crippen molar-refractivity contribution < 1.29 is 33.7 Å². The Kier molecular flexibility index (Phi) is 8.46. The molecule has 3 heterocycles. The van der Waals surface area contributed by atoms with Gasteiger partial charge in [0.05, 0.1) is 40.7 Å². The number of thiazole rings is 1. The summed E-state index contributed by atoms with van der Waals surface area (Å²) < 4.78 is 18.2. The highest BCUT2D eigenvalue weighted by molar-refractivity contribution is 7.20. The van der Waals surface area contributed by atoms with Gasteiger partial charge in [-0.25, -0.2) is 9.78 Å². The summed E-state index contributed by atoms with van der Waals surface area (Å²) in [6, 6.07) is 16.7. The molecule has 234 valence electrons. The molecule has 4 aromatic rings. The zero-order valence-electron chi connectivity index (χ0n) is 25.0. The van der Waals surface area contributed by atoms with Crippen molar-refractivity contribution in [2.24, 2.45) is 5.92 Å². The Morgan fingerprint density at radius 1 is 1.11 bits per heavy atom. The van der Waals surface area contributed by atoms with Gasteiger partial charge in [-0.05, 0) is 43.3 Å². The third-order valence-corrected chi connectivity index (χ3v) is 8.89. The van der Waals surface area contributed by atoms with Crippen LogP contribution in [0.1, 0.15) is 34.0 Å². The smallest absolute Gasteiger partial charge is 0.321 e. The number of carbonyl (C=O) groups is 3. The van der Waals surface area contributed by atoms with Gasteiger partial charge >= 0.3 is 6.03 Å². The molecule has 0 spiro atoms. The fourth-order valence-corrected chi connectivity index (χ4v) is 6.11. The summed E-state index contributed by atoms with van der Waals surface area (Å²) in [5.41, 5.74) is 1.79. The van der Waals surface area contributed by atoms with Crippen LogP contribution in [0.15, 0.2) is 60.7 Å². The summed E-state index contributed by atoms with van der Waals surface area (Å²) >= 11 is 1.26. The number of anilines is 2. The van der Waals surface area contributed by atoms with Gasteiger partial charge in [0.1, 0.15) is 6.10 Å². The van der Waals surface area contributed by atoms with E-state index in [1.807, 2.05) is 31.2 Å². The van der Waals surface area contributed by atoms with Crippen molar-refractivity contribution in [3.8, 4) is 17.2 Å². The average Bonchev–Trinajstić information content (AvgIpc) is 3.69. The van der Waals surface area contributed by atoms with Crippen LogP contribution >= 0.6 is 11.3 Å². The SMILES string of the molecule is C[C@@H]1CN([C@@H](C)CO)C(=O)c2cccc(NC(=O)c3nc4ccccc4s3)c2O[C@H]1CN(C)C(=O)Nc1ccc2c(c1)OCO2. The highest BCUT2D eigenvalue weighted by atomic mass is 32.1. The molecule has 0 unspecified atom stereocenters. The average molecular weight is 632 g/mol. The molecule has 0 saturated heterocycles. The molecule has 3 aromatic carbocycles. The van der Waals surface area contributed by atoms with E-state index in [0.29, 0.717) is 28.4 Å². The number of likely N-dealkylation sites (N-methyl/N-ethyl adjacent to an activating group) is 1. The van der Waals surface area contributed by atoms with E-state index in [2.05, 4.69) is 15.6 Å². The molecule has 0 radical (unpaired) electrons. The van der Waals surface area contributed by atoms with E-state index in [0.717, 1.165) is 4.70 Å². The number of hydrogen-bond donors (Lipinski definition) is 3. The molecule has 13 heteroatoms. The van der Waals surface area contributed by atoms with Gasteiger partial charge in [0.25, 0.3) is 11.8 Å². The molecule has 0 aliphatic carbocycles. The van der Waals surface area contributed by atoms with Crippen LogP contribution in [0.2, 0.25) is 0 Å². The minimum atomic E-state index is -0.585. The summed E-state index contributed by atoms with van der Waals surface area (Å²) in [6.07, 6.45) is -0.585. The van der Waals surface area contributed by atoms with Crippen LogP contribution in [0.5, 0.6) is 17.2 Å². The van der Waals surface area contributed by atoms with E-state index in [9.17, 15) is 19.5 Å². The minimum absolute atomic E-state index is 0.127. The number of nitrogens with zero attached hydrogens (tertiary/aromatic N) is 3. The molecule has 6 rings (SSSR count). The number of ether oxygens (including phenoxy) is 3. The molecule has 1 aromatic heterocycles. The Bertz CT molecular complexity index is 1730. The maximum atomic E-state index is 13.8. The minimum Gasteiger partial charge on any atom is -0.485 e. The molecule has 45 heavy (non-hydrogen) atoms. The van der Waals surface area contributed by atoms with Crippen LogP contribution in [-0.2, 0) is 0 Å². The normalized spacial score (nSPS) is 18.0. The first-order valence-electron chi connectivity index (χ1n) is 14.5. The second-order valence-electron chi connectivity index (χ2n) is 11.1. The van der Waals surface area contributed by atoms with Gasteiger partial charge in [-0.1, -0.05) is 25.1 Å². The number of benzene rings is 3. The van der Waals surface area contributed by atoms with E-state index < -0.39 is 18.1 Å². The van der Waals surface area contributed by atoms with Crippen LogP contribution < -0.4 is 24.8 Å². The number of aromatic nitrogens is 1. The second kappa shape index (κ2) is 12.6. The lowest BCUT2D eigenvalue weighted by molar-refractivity contribution is 0.0372. The molecule has 12 nitrogen and oxygen atoms in total. The van der Waals surface area contributed by atoms with Crippen LogP contribution in [0.4, 0.5) is 16.2 Å². The molecular weight excluding hydrogens is 598 g/mol. The van der Waals surface area contributed by atoms with Crippen LogP contribution in [0.25, 0.3) is 10.2 Å². The van der Waals surface area contributed by atoms with Gasteiger partial charge in [-0.3, -0.25) is 9.59 Å². The van der Waals surface area contributed by atoms with E-state index >= 15 is 0 Å². The highest BCUT2D eigenvalue weighted by Gasteiger charge is 2.35. The number of fused-ring (bicyclic) bond motifs is 3. The molecule has 0 fully saturated rings. The molecular formula is C32H33N5O7S. The van der Waals surface area contributed by atoms with Crippen molar-refractivity contribution in [3.05, 3.63) is 71.2 Å².